The maximum atomic E-state index is 4.68. The molecule has 1 aromatic rings. The van der Waals surface area contributed by atoms with Crippen molar-refractivity contribution < 1.29 is 0 Å². The number of imidazole rings is 1. The Morgan fingerprint density at radius 3 is 2.63 bits per heavy atom. The molecule has 0 atom stereocenters. The number of aromatic nitrogens is 2. The standard InChI is InChI=1S/C16H29N3/c1-5-16(3,4)12-19-11-13(2)17-15(19)18-14-9-7-6-8-10-14/h11,14H,5-10,12H2,1-4H3,(H,17,18). The van der Waals surface area contributed by atoms with E-state index in [0.29, 0.717) is 11.5 Å². The van der Waals surface area contributed by atoms with Gasteiger partial charge in [0.1, 0.15) is 0 Å². The van der Waals surface area contributed by atoms with Gasteiger partial charge in [-0.15, -0.1) is 0 Å². The number of rotatable bonds is 5. The van der Waals surface area contributed by atoms with Gasteiger partial charge in [-0.3, -0.25) is 0 Å². The zero-order valence-electron chi connectivity index (χ0n) is 13.0. The third-order valence-electron chi connectivity index (χ3n) is 4.39. The normalized spacial score (nSPS) is 17.7. The Bertz CT molecular complexity index is 400. The van der Waals surface area contributed by atoms with E-state index in [-0.39, 0.29) is 0 Å². The van der Waals surface area contributed by atoms with E-state index in [2.05, 4.69) is 48.8 Å². The van der Waals surface area contributed by atoms with Crippen molar-refractivity contribution in [3.63, 3.8) is 0 Å². The summed E-state index contributed by atoms with van der Waals surface area (Å²) in [5.74, 6) is 1.07. The molecule has 0 aliphatic heterocycles. The van der Waals surface area contributed by atoms with Gasteiger partial charge in [0, 0.05) is 18.8 Å². The Labute approximate surface area is 117 Å². The fourth-order valence-corrected chi connectivity index (χ4v) is 2.78. The van der Waals surface area contributed by atoms with Crippen molar-refractivity contribution in [2.24, 2.45) is 5.41 Å². The molecule has 0 amide bonds. The molecule has 19 heavy (non-hydrogen) atoms. The minimum Gasteiger partial charge on any atom is -0.353 e. The van der Waals surface area contributed by atoms with E-state index in [1.165, 1.54) is 38.5 Å². The second kappa shape index (κ2) is 5.98. The molecule has 108 valence electrons. The Kier molecular flexibility index (Phi) is 4.54. The molecule has 1 aliphatic rings. The lowest BCUT2D eigenvalue weighted by Gasteiger charge is -2.27. The first kappa shape index (κ1) is 14.4. The average molecular weight is 263 g/mol. The van der Waals surface area contributed by atoms with Crippen LogP contribution in [0.5, 0.6) is 0 Å². The molecule has 0 aromatic carbocycles. The molecule has 1 heterocycles. The highest BCUT2D eigenvalue weighted by Crippen LogP contribution is 2.26. The van der Waals surface area contributed by atoms with Gasteiger partial charge in [0.2, 0.25) is 5.95 Å². The van der Waals surface area contributed by atoms with Crippen LogP contribution in [0.4, 0.5) is 5.95 Å². The van der Waals surface area contributed by atoms with Crippen LogP contribution in [-0.2, 0) is 6.54 Å². The molecule has 1 aliphatic carbocycles. The molecule has 3 nitrogen and oxygen atoms in total. The van der Waals surface area contributed by atoms with Crippen LogP contribution >= 0.6 is 0 Å². The van der Waals surface area contributed by atoms with Crippen LogP contribution in [0.1, 0.15) is 65.0 Å². The quantitative estimate of drug-likeness (QED) is 0.854. The molecule has 0 saturated heterocycles. The van der Waals surface area contributed by atoms with Gasteiger partial charge < -0.3 is 9.88 Å². The van der Waals surface area contributed by atoms with E-state index in [1.54, 1.807) is 0 Å². The van der Waals surface area contributed by atoms with Gasteiger partial charge in [0.25, 0.3) is 0 Å². The predicted molar refractivity (Wildman–Crippen MR) is 81.5 cm³/mol. The first-order valence-corrected chi connectivity index (χ1v) is 7.80. The van der Waals surface area contributed by atoms with Gasteiger partial charge in [0.15, 0.2) is 0 Å². The monoisotopic (exact) mass is 263 g/mol. The van der Waals surface area contributed by atoms with Gasteiger partial charge in [-0.05, 0) is 31.6 Å². The lowest BCUT2D eigenvalue weighted by atomic mass is 9.90. The summed E-state index contributed by atoms with van der Waals surface area (Å²) >= 11 is 0. The highest BCUT2D eigenvalue weighted by molar-refractivity contribution is 5.30. The van der Waals surface area contributed by atoms with Gasteiger partial charge in [-0.1, -0.05) is 40.0 Å². The van der Waals surface area contributed by atoms with Crippen LogP contribution in [0.25, 0.3) is 0 Å². The van der Waals surface area contributed by atoms with Crippen molar-refractivity contribution in [3.05, 3.63) is 11.9 Å². The molecule has 1 aromatic heterocycles. The minimum absolute atomic E-state index is 0.329. The maximum Gasteiger partial charge on any atom is 0.203 e. The summed E-state index contributed by atoms with van der Waals surface area (Å²) in [5, 5.41) is 3.67. The Morgan fingerprint density at radius 1 is 1.32 bits per heavy atom. The predicted octanol–water partition coefficient (Wildman–Crippen LogP) is 4.37. The topological polar surface area (TPSA) is 29.9 Å². The number of aryl methyl sites for hydroxylation is 1. The van der Waals surface area contributed by atoms with Crippen LogP contribution in [-0.4, -0.2) is 15.6 Å². The van der Waals surface area contributed by atoms with Crippen LogP contribution in [0.15, 0.2) is 6.20 Å². The second-order valence-electron chi connectivity index (χ2n) is 6.83. The van der Waals surface area contributed by atoms with Crippen LogP contribution in [0.3, 0.4) is 0 Å². The Morgan fingerprint density at radius 2 is 2.00 bits per heavy atom. The third-order valence-corrected chi connectivity index (χ3v) is 4.39. The van der Waals surface area contributed by atoms with Crippen molar-refractivity contribution in [1.82, 2.24) is 9.55 Å². The molecule has 1 fully saturated rings. The number of nitrogens with one attached hydrogen (secondary N) is 1. The molecule has 2 rings (SSSR count). The number of hydrogen-bond acceptors (Lipinski definition) is 2. The SMILES string of the molecule is CCC(C)(C)Cn1cc(C)nc1NC1CCCCC1. The lowest BCUT2D eigenvalue weighted by molar-refractivity contribution is 0.295. The summed E-state index contributed by atoms with van der Waals surface area (Å²) in [5.41, 5.74) is 1.45. The maximum absolute atomic E-state index is 4.68. The molecular weight excluding hydrogens is 234 g/mol. The summed E-state index contributed by atoms with van der Waals surface area (Å²) in [7, 11) is 0. The van der Waals surface area contributed by atoms with Gasteiger partial charge >= 0.3 is 0 Å². The van der Waals surface area contributed by atoms with Crippen LogP contribution in [0, 0.1) is 12.3 Å². The van der Waals surface area contributed by atoms with E-state index in [9.17, 15) is 0 Å². The van der Waals surface area contributed by atoms with Crippen molar-refractivity contribution >= 4 is 5.95 Å². The summed E-state index contributed by atoms with van der Waals surface area (Å²) < 4.78 is 2.31. The number of hydrogen-bond donors (Lipinski definition) is 1. The summed E-state index contributed by atoms with van der Waals surface area (Å²) in [6, 6.07) is 0.624. The highest BCUT2D eigenvalue weighted by atomic mass is 15.2. The van der Waals surface area contributed by atoms with E-state index in [4.69, 9.17) is 0 Å². The second-order valence-corrected chi connectivity index (χ2v) is 6.83. The molecule has 0 bridgehead atoms. The smallest absolute Gasteiger partial charge is 0.203 e. The highest BCUT2D eigenvalue weighted by Gasteiger charge is 2.20. The zero-order valence-corrected chi connectivity index (χ0v) is 13.0. The lowest BCUT2D eigenvalue weighted by Crippen LogP contribution is -2.26. The molecule has 0 unspecified atom stereocenters. The first-order valence-electron chi connectivity index (χ1n) is 7.80. The van der Waals surface area contributed by atoms with E-state index < -0.39 is 0 Å². The fraction of sp³-hybridized carbons (Fsp3) is 0.812. The largest absolute Gasteiger partial charge is 0.353 e. The Balaban J connectivity index is 2.07. The molecular formula is C16H29N3. The number of anilines is 1. The van der Waals surface area contributed by atoms with E-state index in [0.717, 1.165) is 18.2 Å². The van der Waals surface area contributed by atoms with Crippen molar-refractivity contribution in [2.45, 2.75) is 78.8 Å². The summed E-state index contributed by atoms with van der Waals surface area (Å²) in [6.45, 7) is 10.0. The summed E-state index contributed by atoms with van der Waals surface area (Å²) in [4.78, 5) is 4.68. The molecule has 0 spiro atoms. The average Bonchev–Trinajstić information content (AvgIpc) is 2.70. The molecule has 1 N–H and O–H groups in total. The number of nitrogens with zero attached hydrogens (tertiary/aromatic N) is 2. The van der Waals surface area contributed by atoms with Crippen molar-refractivity contribution in [3.8, 4) is 0 Å². The third kappa shape index (κ3) is 3.99. The minimum atomic E-state index is 0.329. The molecule has 0 radical (unpaired) electrons. The van der Waals surface area contributed by atoms with Gasteiger partial charge in [-0.2, -0.15) is 0 Å². The molecule has 3 heteroatoms. The zero-order chi connectivity index (χ0) is 13.9. The van der Waals surface area contributed by atoms with E-state index >= 15 is 0 Å². The molecule has 1 saturated carbocycles. The fourth-order valence-electron chi connectivity index (χ4n) is 2.78. The van der Waals surface area contributed by atoms with Crippen LogP contribution < -0.4 is 5.32 Å². The van der Waals surface area contributed by atoms with Gasteiger partial charge in [-0.25, -0.2) is 4.98 Å². The van der Waals surface area contributed by atoms with Crippen molar-refractivity contribution in [1.29, 1.82) is 0 Å². The van der Waals surface area contributed by atoms with Crippen LogP contribution in [0.2, 0.25) is 0 Å². The van der Waals surface area contributed by atoms with Crippen molar-refractivity contribution in [2.75, 3.05) is 5.32 Å². The van der Waals surface area contributed by atoms with E-state index in [1.807, 2.05) is 0 Å². The van der Waals surface area contributed by atoms with Gasteiger partial charge in [0.05, 0.1) is 5.69 Å². The first-order chi connectivity index (χ1) is 9.00. The summed E-state index contributed by atoms with van der Waals surface area (Å²) in [6.07, 6.45) is 10.1. The Hall–Kier alpha value is -0.990.